The molecule has 2 heterocycles. The summed E-state index contributed by atoms with van der Waals surface area (Å²) in [6, 6.07) is 10.9. The fraction of sp³-hybridized carbons (Fsp3) is 0.650. The van der Waals surface area contributed by atoms with E-state index in [0.29, 0.717) is 17.7 Å². The highest BCUT2D eigenvalue weighted by molar-refractivity contribution is 5.85. The van der Waals surface area contributed by atoms with Crippen molar-refractivity contribution in [2.24, 2.45) is 28.6 Å². The molecule has 1 N–H and O–H groups in total. The average Bonchev–Trinajstić information content (AvgIpc) is 2.90. The van der Waals surface area contributed by atoms with E-state index < -0.39 is 0 Å². The summed E-state index contributed by atoms with van der Waals surface area (Å²) in [7, 11) is 0. The van der Waals surface area contributed by atoms with Crippen LogP contribution in [0.2, 0.25) is 0 Å². The van der Waals surface area contributed by atoms with Gasteiger partial charge in [-0.25, -0.2) is 0 Å². The van der Waals surface area contributed by atoms with E-state index in [-0.39, 0.29) is 22.8 Å². The number of hydrogen-bond acceptors (Lipinski definition) is 2. The van der Waals surface area contributed by atoms with Crippen LogP contribution in [0.3, 0.4) is 0 Å². The molecule has 2 saturated heterocycles. The molecule has 124 valence electrons. The summed E-state index contributed by atoms with van der Waals surface area (Å²) < 4.78 is 0. The molecule has 1 aromatic rings. The zero-order chi connectivity index (χ0) is 16.4. The number of benzene rings is 1. The van der Waals surface area contributed by atoms with Crippen LogP contribution in [-0.4, -0.2) is 30.4 Å². The van der Waals surface area contributed by atoms with Gasteiger partial charge in [-0.1, -0.05) is 58.0 Å². The van der Waals surface area contributed by atoms with E-state index in [1.807, 2.05) is 0 Å². The lowest BCUT2D eigenvalue weighted by atomic mass is 9.89. The van der Waals surface area contributed by atoms with Crippen LogP contribution in [0, 0.1) is 28.6 Å². The topological polar surface area (TPSA) is 32.3 Å². The first kappa shape index (κ1) is 15.2. The van der Waals surface area contributed by atoms with Crippen molar-refractivity contribution >= 4 is 5.91 Å². The SMILES string of the molecule is CC1(C)C(C(=O)N2C[C@@H]3CNC[C@@H]3[C@H]2c2ccccc2)C1(C)C. The highest BCUT2D eigenvalue weighted by Gasteiger charge is 2.69. The molecular formula is C20H28N2O. The lowest BCUT2D eigenvalue weighted by Gasteiger charge is -2.29. The van der Waals surface area contributed by atoms with Crippen molar-refractivity contribution in [1.29, 1.82) is 0 Å². The molecule has 1 aromatic carbocycles. The maximum Gasteiger partial charge on any atom is 0.227 e. The Kier molecular flexibility index (Phi) is 3.19. The fourth-order valence-electron chi connectivity index (χ4n) is 5.20. The zero-order valence-corrected chi connectivity index (χ0v) is 14.7. The number of rotatable bonds is 2. The first-order valence-corrected chi connectivity index (χ1v) is 8.92. The number of fused-ring (bicyclic) bond motifs is 1. The minimum absolute atomic E-state index is 0.112. The smallest absolute Gasteiger partial charge is 0.227 e. The number of carbonyl (C=O) groups excluding carboxylic acids is 1. The quantitative estimate of drug-likeness (QED) is 0.910. The summed E-state index contributed by atoms with van der Waals surface area (Å²) in [6.07, 6.45) is 0. The molecule has 3 fully saturated rings. The van der Waals surface area contributed by atoms with Crippen LogP contribution in [-0.2, 0) is 4.79 Å². The highest BCUT2D eigenvalue weighted by atomic mass is 16.2. The van der Waals surface area contributed by atoms with Crippen LogP contribution >= 0.6 is 0 Å². The molecule has 0 radical (unpaired) electrons. The van der Waals surface area contributed by atoms with Gasteiger partial charge in [-0.15, -0.1) is 0 Å². The van der Waals surface area contributed by atoms with Gasteiger partial charge in [0.2, 0.25) is 5.91 Å². The van der Waals surface area contributed by atoms with Gasteiger partial charge in [0, 0.05) is 31.5 Å². The maximum absolute atomic E-state index is 13.4. The fourth-order valence-corrected chi connectivity index (χ4v) is 5.20. The van der Waals surface area contributed by atoms with Crippen LogP contribution in [0.5, 0.6) is 0 Å². The Morgan fingerprint density at radius 2 is 1.74 bits per heavy atom. The number of likely N-dealkylation sites (tertiary alicyclic amines) is 1. The van der Waals surface area contributed by atoms with E-state index in [2.05, 4.69) is 68.2 Å². The zero-order valence-electron chi connectivity index (χ0n) is 14.7. The monoisotopic (exact) mass is 312 g/mol. The van der Waals surface area contributed by atoms with Crippen LogP contribution in [0.15, 0.2) is 30.3 Å². The number of carbonyl (C=O) groups is 1. The number of nitrogens with zero attached hydrogens (tertiary/aromatic N) is 1. The molecule has 2 aliphatic heterocycles. The number of amides is 1. The summed E-state index contributed by atoms with van der Waals surface area (Å²) in [6.45, 7) is 12.0. The Morgan fingerprint density at radius 3 is 2.35 bits per heavy atom. The predicted molar refractivity (Wildman–Crippen MR) is 91.8 cm³/mol. The second kappa shape index (κ2) is 4.83. The van der Waals surface area contributed by atoms with Gasteiger partial charge >= 0.3 is 0 Å². The summed E-state index contributed by atoms with van der Waals surface area (Å²) in [5, 5.41) is 3.52. The average molecular weight is 312 g/mol. The first-order valence-electron chi connectivity index (χ1n) is 8.92. The second-order valence-corrected chi connectivity index (χ2v) is 8.80. The molecule has 3 atom stereocenters. The third-order valence-corrected chi connectivity index (χ3v) is 7.26. The molecule has 0 bridgehead atoms. The van der Waals surface area contributed by atoms with Gasteiger partial charge < -0.3 is 10.2 Å². The van der Waals surface area contributed by atoms with E-state index in [1.165, 1.54) is 5.56 Å². The lowest BCUT2D eigenvalue weighted by molar-refractivity contribution is -0.135. The van der Waals surface area contributed by atoms with Crippen molar-refractivity contribution in [2.45, 2.75) is 33.7 Å². The van der Waals surface area contributed by atoms with Crippen molar-refractivity contribution in [2.75, 3.05) is 19.6 Å². The molecule has 3 aliphatic rings. The molecule has 1 saturated carbocycles. The molecule has 1 amide bonds. The summed E-state index contributed by atoms with van der Waals surface area (Å²) in [4.78, 5) is 15.6. The Labute approximate surface area is 139 Å². The molecule has 0 unspecified atom stereocenters. The van der Waals surface area contributed by atoms with Crippen molar-refractivity contribution in [3.05, 3.63) is 35.9 Å². The lowest BCUT2D eigenvalue weighted by Crippen LogP contribution is -2.37. The van der Waals surface area contributed by atoms with E-state index in [4.69, 9.17) is 0 Å². The van der Waals surface area contributed by atoms with Gasteiger partial charge in [0.1, 0.15) is 0 Å². The van der Waals surface area contributed by atoms with Gasteiger partial charge in [-0.05, 0) is 22.3 Å². The van der Waals surface area contributed by atoms with Gasteiger partial charge in [-0.3, -0.25) is 4.79 Å². The van der Waals surface area contributed by atoms with Gasteiger partial charge in [-0.2, -0.15) is 0 Å². The Bertz CT molecular complexity index is 608. The van der Waals surface area contributed by atoms with Gasteiger partial charge in [0.15, 0.2) is 0 Å². The van der Waals surface area contributed by atoms with Crippen LogP contribution < -0.4 is 5.32 Å². The van der Waals surface area contributed by atoms with Crippen LogP contribution in [0.4, 0.5) is 0 Å². The normalized spacial score (nSPS) is 34.4. The molecule has 1 aliphatic carbocycles. The third kappa shape index (κ3) is 2.02. The van der Waals surface area contributed by atoms with Crippen LogP contribution in [0.25, 0.3) is 0 Å². The molecule has 3 nitrogen and oxygen atoms in total. The van der Waals surface area contributed by atoms with E-state index in [0.717, 1.165) is 19.6 Å². The molecular weight excluding hydrogens is 284 g/mol. The van der Waals surface area contributed by atoms with Gasteiger partial charge in [0.05, 0.1) is 6.04 Å². The van der Waals surface area contributed by atoms with E-state index >= 15 is 0 Å². The summed E-state index contributed by atoms with van der Waals surface area (Å²) in [5.74, 6) is 1.71. The van der Waals surface area contributed by atoms with Crippen molar-refractivity contribution in [3.63, 3.8) is 0 Å². The summed E-state index contributed by atoms with van der Waals surface area (Å²) in [5.41, 5.74) is 1.52. The standard InChI is InChI=1S/C20H28N2O/c1-19(2)17(20(19,3)4)18(23)22-12-14-10-21-11-15(14)16(22)13-8-6-5-7-9-13/h5-9,14-17,21H,10-12H2,1-4H3/t14-,15-,16+/m0/s1. The highest BCUT2D eigenvalue weighted by Crippen LogP contribution is 2.69. The number of hydrogen-bond donors (Lipinski definition) is 1. The Hall–Kier alpha value is -1.35. The Morgan fingerprint density at radius 1 is 1.09 bits per heavy atom. The van der Waals surface area contributed by atoms with E-state index in [1.54, 1.807) is 0 Å². The largest absolute Gasteiger partial charge is 0.335 e. The number of nitrogens with one attached hydrogen (secondary N) is 1. The molecule has 3 heteroatoms. The second-order valence-electron chi connectivity index (χ2n) is 8.80. The van der Waals surface area contributed by atoms with Crippen molar-refractivity contribution < 1.29 is 4.79 Å². The molecule has 0 spiro atoms. The van der Waals surface area contributed by atoms with Crippen molar-refractivity contribution in [1.82, 2.24) is 10.2 Å². The van der Waals surface area contributed by atoms with Gasteiger partial charge in [0.25, 0.3) is 0 Å². The van der Waals surface area contributed by atoms with Crippen LogP contribution in [0.1, 0.15) is 39.3 Å². The van der Waals surface area contributed by atoms with Crippen molar-refractivity contribution in [3.8, 4) is 0 Å². The Balaban J connectivity index is 1.66. The predicted octanol–water partition coefficient (Wildman–Crippen LogP) is 3.09. The molecule has 23 heavy (non-hydrogen) atoms. The maximum atomic E-state index is 13.4. The van der Waals surface area contributed by atoms with E-state index in [9.17, 15) is 4.79 Å². The molecule has 0 aromatic heterocycles. The summed E-state index contributed by atoms with van der Waals surface area (Å²) >= 11 is 0. The molecule has 4 rings (SSSR count). The minimum atomic E-state index is 0.112. The third-order valence-electron chi connectivity index (χ3n) is 7.26. The first-order chi connectivity index (χ1) is 10.9. The minimum Gasteiger partial charge on any atom is -0.335 e.